The highest BCUT2D eigenvalue weighted by molar-refractivity contribution is 5.98. The van der Waals surface area contributed by atoms with Gasteiger partial charge in [-0.25, -0.2) is 4.57 Å². The third-order valence-corrected chi connectivity index (χ3v) is 8.36. The molecule has 2 aromatic carbocycles. The Balaban J connectivity index is 1.93. The Bertz CT molecular complexity index is 1530. The van der Waals surface area contributed by atoms with Gasteiger partial charge in [-0.3, -0.25) is 23.7 Å². The lowest BCUT2D eigenvalue weighted by Crippen LogP contribution is -2.42. The third kappa shape index (κ3) is 3.62. The van der Waals surface area contributed by atoms with E-state index in [2.05, 4.69) is 20.8 Å². The van der Waals surface area contributed by atoms with Crippen LogP contribution in [-0.2, 0) is 11.0 Å². The molecule has 2 heterocycles. The fourth-order valence-electron chi connectivity index (χ4n) is 5.35. The van der Waals surface area contributed by atoms with Gasteiger partial charge in [-0.1, -0.05) is 53.2 Å². The van der Waals surface area contributed by atoms with Crippen LogP contribution in [-0.4, -0.2) is 9.13 Å². The second-order valence-electron chi connectivity index (χ2n) is 10.2. The first-order valence-electron chi connectivity index (χ1n) is 12.6. The van der Waals surface area contributed by atoms with E-state index in [1.54, 1.807) is 12.1 Å². The maximum Gasteiger partial charge on any atom is 0.266 e. The summed E-state index contributed by atoms with van der Waals surface area (Å²) in [6.07, 6.45) is 4.11. The van der Waals surface area contributed by atoms with Crippen LogP contribution < -0.4 is 22.2 Å². The number of fused-ring (bicyclic) bond motifs is 2. The molecule has 1 unspecified atom stereocenters. The smallest absolute Gasteiger partial charge is 0.266 e. The molecule has 0 aliphatic carbocycles. The zero-order valence-corrected chi connectivity index (χ0v) is 21.5. The highest BCUT2D eigenvalue weighted by atomic mass is 16.2. The van der Waals surface area contributed by atoms with Crippen molar-refractivity contribution in [3.05, 3.63) is 83.4 Å². The van der Waals surface area contributed by atoms with Crippen LogP contribution >= 0.6 is 0 Å². The van der Waals surface area contributed by atoms with Crippen LogP contribution in [0.3, 0.4) is 0 Å². The first-order chi connectivity index (χ1) is 16.6. The average molecular weight is 475 g/mol. The van der Waals surface area contributed by atoms with E-state index >= 15 is 0 Å². The van der Waals surface area contributed by atoms with E-state index in [0.717, 1.165) is 29.4 Å². The van der Waals surface area contributed by atoms with Crippen molar-refractivity contribution in [1.29, 1.82) is 0 Å². The van der Waals surface area contributed by atoms with Gasteiger partial charge in [-0.15, -0.1) is 0 Å². The molecule has 35 heavy (non-hydrogen) atoms. The second kappa shape index (κ2) is 8.74. The number of hydrogen-bond acceptors (Lipinski definition) is 4. The highest BCUT2D eigenvalue weighted by Gasteiger charge is 2.30. The molecule has 4 rings (SSSR count). The molecule has 4 aromatic rings. The van der Waals surface area contributed by atoms with Crippen LogP contribution in [0.4, 0.5) is 0 Å². The Hall–Kier alpha value is -3.28. The zero-order chi connectivity index (χ0) is 25.7. The van der Waals surface area contributed by atoms with E-state index in [-0.39, 0.29) is 27.0 Å². The molecule has 0 spiro atoms. The summed E-state index contributed by atoms with van der Waals surface area (Å²) in [6, 6.07) is 10.4. The SMILES string of the molecule is CCCC(C)(CC)n1c(=O)c2cc3c(=O)n(-c4ccc(C(C)(CC)CC)cc4)c(=O)c3cc2c1=O. The van der Waals surface area contributed by atoms with Crippen LogP contribution in [0.25, 0.3) is 27.2 Å². The van der Waals surface area contributed by atoms with E-state index in [1.807, 2.05) is 32.9 Å². The van der Waals surface area contributed by atoms with Crippen LogP contribution in [0.15, 0.2) is 55.6 Å². The summed E-state index contributed by atoms with van der Waals surface area (Å²) in [4.78, 5) is 53.3. The van der Waals surface area contributed by atoms with Gasteiger partial charge in [0.05, 0.1) is 27.2 Å². The van der Waals surface area contributed by atoms with E-state index in [9.17, 15) is 19.2 Å². The molecule has 0 amide bonds. The van der Waals surface area contributed by atoms with Crippen LogP contribution in [0.5, 0.6) is 0 Å². The first kappa shape index (κ1) is 24.8. The molecule has 0 saturated carbocycles. The lowest BCUT2D eigenvalue weighted by Gasteiger charge is -2.28. The molecule has 0 N–H and O–H groups in total. The maximum atomic E-state index is 13.3. The predicted molar refractivity (Wildman–Crippen MR) is 143 cm³/mol. The van der Waals surface area contributed by atoms with E-state index < -0.39 is 27.8 Å². The number of benzene rings is 2. The Morgan fingerprint density at radius 2 is 1.11 bits per heavy atom. The highest BCUT2D eigenvalue weighted by Crippen LogP contribution is 2.31. The van der Waals surface area contributed by atoms with Gasteiger partial charge in [0.2, 0.25) is 0 Å². The molecular weight excluding hydrogens is 440 g/mol. The lowest BCUT2D eigenvalue weighted by atomic mass is 9.78. The molecule has 184 valence electrons. The van der Waals surface area contributed by atoms with Gasteiger partial charge in [-0.2, -0.15) is 0 Å². The Morgan fingerprint density at radius 3 is 1.51 bits per heavy atom. The normalized spacial score (nSPS) is 14.1. The molecule has 0 bridgehead atoms. The van der Waals surface area contributed by atoms with E-state index in [1.165, 1.54) is 16.7 Å². The van der Waals surface area contributed by atoms with Gasteiger partial charge in [-0.05, 0) is 67.9 Å². The Morgan fingerprint density at radius 1 is 0.657 bits per heavy atom. The number of rotatable bonds is 8. The summed E-state index contributed by atoms with van der Waals surface area (Å²) < 4.78 is 2.46. The quantitative estimate of drug-likeness (QED) is 0.364. The van der Waals surface area contributed by atoms with Crippen molar-refractivity contribution < 1.29 is 0 Å². The standard InChI is InChI=1S/C29H34N2O4/c1-7-15-29(6,10-4)31-26(34)22-16-20-21(17-23(22)27(31)35)25(33)30(24(20)32)19-13-11-18(12-14-19)28(5,8-2)9-3/h11-14,16-17H,7-10,15H2,1-6H3. The maximum absolute atomic E-state index is 13.3. The summed E-state index contributed by atoms with van der Waals surface area (Å²) in [7, 11) is 0. The molecule has 0 fully saturated rings. The second-order valence-corrected chi connectivity index (χ2v) is 10.2. The molecule has 2 aromatic heterocycles. The fraction of sp³-hybridized carbons (Fsp3) is 0.448. The number of aromatic nitrogens is 2. The van der Waals surface area contributed by atoms with Crippen molar-refractivity contribution in [3.63, 3.8) is 0 Å². The Kier molecular flexibility index (Phi) is 6.20. The van der Waals surface area contributed by atoms with Crippen LogP contribution in [0, 0.1) is 0 Å². The average Bonchev–Trinajstić information content (AvgIpc) is 3.26. The summed E-state index contributed by atoms with van der Waals surface area (Å²) >= 11 is 0. The van der Waals surface area contributed by atoms with Crippen molar-refractivity contribution in [3.8, 4) is 5.69 Å². The summed E-state index contributed by atoms with van der Waals surface area (Å²) in [5.41, 5.74) is -0.684. The van der Waals surface area contributed by atoms with Crippen molar-refractivity contribution in [2.75, 3.05) is 0 Å². The minimum absolute atomic E-state index is 0.0265. The van der Waals surface area contributed by atoms with E-state index in [0.29, 0.717) is 18.5 Å². The third-order valence-electron chi connectivity index (χ3n) is 8.36. The van der Waals surface area contributed by atoms with Gasteiger partial charge in [0.1, 0.15) is 0 Å². The zero-order valence-electron chi connectivity index (χ0n) is 21.5. The van der Waals surface area contributed by atoms with Crippen molar-refractivity contribution >= 4 is 21.5 Å². The molecule has 0 saturated heterocycles. The van der Waals surface area contributed by atoms with Gasteiger partial charge < -0.3 is 0 Å². The minimum Gasteiger partial charge on any atom is -0.269 e. The van der Waals surface area contributed by atoms with Gasteiger partial charge in [0.15, 0.2) is 0 Å². The van der Waals surface area contributed by atoms with Crippen molar-refractivity contribution in [2.45, 2.75) is 84.6 Å². The summed E-state index contributed by atoms with van der Waals surface area (Å²) in [5.74, 6) is 0. The largest absolute Gasteiger partial charge is 0.269 e. The van der Waals surface area contributed by atoms with Gasteiger partial charge >= 0.3 is 0 Å². The molecular formula is C29H34N2O4. The molecule has 6 nitrogen and oxygen atoms in total. The number of nitrogens with zero attached hydrogens (tertiary/aromatic N) is 2. The molecule has 0 aliphatic rings. The van der Waals surface area contributed by atoms with Crippen LogP contribution in [0.2, 0.25) is 0 Å². The van der Waals surface area contributed by atoms with E-state index in [4.69, 9.17) is 0 Å². The van der Waals surface area contributed by atoms with Gasteiger partial charge in [0, 0.05) is 5.54 Å². The summed E-state index contributed by atoms with van der Waals surface area (Å²) in [6.45, 7) is 12.4. The molecule has 0 aliphatic heterocycles. The molecule has 6 heteroatoms. The first-order valence-corrected chi connectivity index (χ1v) is 12.6. The number of hydrogen-bond donors (Lipinski definition) is 0. The van der Waals surface area contributed by atoms with Crippen molar-refractivity contribution in [1.82, 2.24) is 9.13 Å². The van der Waals surface area contributed by atoms with Crippen molar-refractivity contribution in [2.24, 2.45) is 0 Å². The Labute approximate surface area is 204 Å². The topological polar surface area (TPSA) is 78.1 Å². The monoisotopic (exact) mass is 474 g/mol. The predicted octanol–water partition coefficient (Wildman–Crippen LogP) is 4.90. The summed E-state index contributed by atoms with van der Waals surface area (Å²) in [5, 5.41) is 0.733. The lowest BCUT2D eigenvalue weighted by molar-refractivity contribution is 0.268. The molecule has 1 atom stereocenters. The van der Waals surface area contributed by atoms with Crippen LogP contribution in [0.1, 0.15) is 79.2 Å². The fourth-order valence-corrected chi connectivity index (χ4v) is 5.35. The molecule has 0 radical (unpaired) electrons. The van der Waals surface area contributed by atoms with Gasteiger partial charge in [0.25, 0.3) is 22.2 Å². The minimum atomic E-state index is -0.611.